The van der Waals surface area contributed by atoms with Crippen molar-refractivity contribution in [2.75, 3.05) is 7.05 Å². The lowest BCUT2D eigenvalue weighted by atomic mass is 9.91. The van der Waals surface area contributed by atoms with Gasteiger partial charge in [0.05, 0.1) is 6.04 Å². The molecule has 6 heteroatoms. The van der Waals surface area contributed by atoms with Crippen LogP contribution in [0.4, 0.5) is 0 Å². The van der Waals surface area contributed by atoms with Crippen LogP contribution in [0.2, 0.25) is 0 Å². The van der Waals surface area contributed by atoms with Gasteiger partial charge in [0.1, 0.15) is 5.60 Å². The molecule has 1 unspecified atom stereocenters. The molecule has 1 amide bonds. The number of nitrogens with two attached hydrogens (primary N) is 1. The molecule has 3 N–H and O–H groups in total. The lowest BCUT2D eigenvalue weighted by molar-refractivity contribution is -0.164. The molecule has 0 saturated heterocycles. The predicted octanol–water partition coefficient (Wildman–Crippen LogP) is 0.243. The molecule has 0 aromatic rings. The summed E-state index contributed by atoms with van der Waals surface area (Å²) in [6, 6.07) is -0.880. The second kappa shape index (κ2) is 6.65. The van der Waals surface area contributed by atoms with Crippen molar-refractivity contribution < 1.29 is 19.1 Å². The fraction of sp³-hybridized carbons (Fsp3) is 0.769. The van der Waals surface area contributed by atoms with Gasteiger partial charge in [-0.1, -0.05) is 13.8 Å². The maximum absolute atomic E-state index is 12.1. The van der Waals surface area contributed by atoms with Crippen molar-refractivity contribution in [2.24, 2.45) is 17.6 Å². The van der Waals surface area contributed by atoms with Gasteiger partial charge in [-0.15, -0.1) is 0 Å². The molecule has 110 valence electrons. The van der Waals surface area contributed by atoms with Crippen LogP contribution in [0.3, 0.4) is 0 Å². The molecule has 2 atom stereocenters. The number of carbonyl (C=O) groups is 3. The lowest BCUT2D eigenvalue weighted by Gasteiger charge is -2.24. The fourth-order valence-electron chi connectivity index (χ4n) is 1.38. The normalized spacial score (nSPS) is 14.7. The highest BCUT2D eigenvalue weighted by Gasteiger charge is 2.40. The van der Waals surface area contributed by atoms with E-state index in [4.69, 9.17) is 10.5 Å². The first-order valence-corrected chi connectivity index (χ1v) is 6.25. The first-order chi connectivity index (χ1) is 8.51. The SMILES string of the molecule is CNC(=O)C(C(=O)OC(C)(C)C)C(=O)[C@@H](N)C(C)C. The monoisotopic (exact) mass is 272 g/mol. The molecule has 0 heterocycles. The molecule has 0 aromatic heterocycles. The van der Waals surface area contributed by atoms with Gasteiger partial charge in [-0.05, 0) is 26.7 Å². The Bertz CT molecular complexity index is 358. The third-order valence-electron chi connectivity index (χ3n) is 2.48. The van der Waals surface area contributed by atoms with Gasteiger partial charge in [0, 0.05) is 7.05 Å². The van der Waals surface area contributed by atoms with Crippen molar-refractivity contribution in [1.29, 1.82) is 0 Å². The number of hydrogen-bond donors (Lipinski definition) is 2. The van der Waals surface area contributed by atoms with Crippen molar-refractivity contribution in [3.05, 3.63) is 0 Å². The van der Waals surface area contributed by atoms with Crippen LogP contribution >= 0.6 is 0 Å². The third kappa shape index (κ3) is 5.38. The van der Waals surface area contributed by atoms with Gasteiger partial charge in [-0.2, -0.15) is 0 Å². The molecular formula is C13H24N2O4. The summed E-state index contributed by atoms with van der Waals surface area (Å²) in [5, 5.41) is 2.29. The van der Waals surface area contributed by atoms with Crippen LogP contribution in [0.5, 0.6) is 0 Å². The number of carbonyl (C=O) groups excluding carboxylic acids is 3. The number of ether oxygens (including phenoxy) is 1. The Labute approximate surface area is 114 Å². The van der Waals surface area contributed by atoms with Gasteiger partial charge in [-0.25, -0.2) is 0 Å². The largest absolute Gasteiger partial charge is 0.459 e. The van der Waals surface area contributed by atoms with Crippen LogP contribution in [0, 0.1) is 11.8 Å². The molecule has 0 bridgehead atoms. The van der Waals surface area contributed by atoms with Gasteiger partial charge in [0.25, 0.3) is 0 Å². The van der Waals surface area contributed by atoms with Crippen LogP contribution in [0.15, 0.2) is 0 Å². The molecule has 0 fully saturated rings. The molecule has 19 heavy (non-hydrogen) atoms. The number of hydrogen-bond acceptors (Lipinski definition) is 5. The summed E-state index contributed by atoms with van der Waals surface area (Å²) in [5.41, 5.74) is 4.95. The predicted molar refractivity (Wildman–Crippen MR) is 71.2 cm³/mol. The van der Waals surface area contributed by atoms with Crippen LogP contribution in [-0.2, 0) is 19.1 Å². The van der Waals surface area contributed by atoms with Crippen molar-refractivity contribution in [1.82, 2.24) is 5.32 Å². The van der Waals surface area contributed by atoms with Gasteiger partial charge in [0.15, 0.2) is 11.7 Å². The first-order valence-electron chi connectivity index (χ1n) is 6.25. The molecule has 0 spiro atoms. The number of ketones is 1. The summed E-state index contributed by atoms with van der Waals surface area (Å²) >= 11 is 0. The number of amides is 1. The van der Waals surface area contributed by atoms with Crippen molar-refractivity contribution in [3.63, 3.8) is 0 Å². The molecule has 0 aliphatic carbocycles. The molecule has 0 aliphatic heterocycles. The standard InChI is InChI=1S/C13H24N2O4/c1-7(2)9(14)10(16)8(11(17)15-6)12(18)19-13(3,4)5/h7-9H,14H2,1-6H3,(H,15,17)/t8?,9-/m0/s1. The Hall–Kier alpha value is -1.43. The third-order valence-corrected chi connectivity index (χ3v) is 2.48. The summed E-state index contributed by atoms with van der Waals surface area (Å²) in [6.07, 6.45) is 0. The molecule has 0 saturated carbocycles. The molecule has 6 nitrogen and oxygen atoms in total. The van der Waals surface area contributed by atoms with E-state index in [-0.39, 0.29) is 5.92 Å². The number of Topliss-reactive ketones (excluding diaryl/α,β-unsaturated/α-hetero) is 1. The van der Waals surface area contributed by atoms with E-state index < -0.39 is 35.2 Å². The van der Waals surface area contributed by atoms with Crippen LogP contribution in [-0.4, -0.2) is 36.4 Å². The second-order valence-corrected chi connectivity index (χ2v) is 5.75. The zero-order chi connectivity index (χ0) is 15.4. The molecular weight excluding hydrogens is 248 g/mol. The zero-order valence-electron chi connectivity index (χ0n) is 12.4. The Balaban J connectivity index is 5.18. The van der Waals surface area contributed by atoms with Gasteiger partial charge in [-0.3, -0.25) is 14.4 Å². The van der Waals surface area contributed by atoms with Crippen LogP contribution in [0.25, 0.3) is 0 Å². The second-order valence-electron chi connectivity index (χ2n) is 5.75. The topological polar surface area (TPSA) is 98.5 Å². The highest BCUT2D eigenvalue weighted by molar-refractivity contribution is 6.18. The number of nitrogens with one attached hydrogen (secondary N) is 1. The van der Waals surface area contributed by atoms with E-state index in [0.717, 1.165) is 0 Å². The molecule has 0 rings (SSSR count). The molecule has 0 aromatic carbocycles. The van der Waals surface area contributed by atoms with Gasteiger partial charge >= 0.3 is 5.97 Å². The average Bonchev–Trinajstić information content (AvgIpc) is 2.24. The Morgan fingerprint density at radius 1 is 1.16 bits per heavy atom. The van der Waals surface area contributed by atoms with E-state index in [1.54, 1.807) is 34.6 Å². The smallest absolute Gasteiger partial charge is 0.326 e. The maximum atomic E-state index is 12.1. The minimum Gasteiger partial charge on any atom is -0.459 e. The minimum absolute atomic E-state index is 0.165. The molecule has 0 aliphatic rings. The summed E-state index contributed by atoms with van der Waals surface area (Å²) in [4.78, 5) is 35.8. The Kier molecular flexibility index (Phi) is 6.15. The summed E-state index contributed by atoms with van der Waals surface area (Å²) in [5.74, 6) is -3.87. The lowest BCUT2D eigenvalue weighted by Crippen LogP contribution is -2.49. The van der Waals surface area contributed by atoms with Crippen molar-refractivity contribution >= 4 is 17.7 Å². The van der Waals surface area contributed by atoms with E-state index in [1.165, 1.54) is 7.05 Å². The highest BCUT2D eigenvalue weighted by Crippen LogP contribution is 2.15. The van der Waals surface area contributed by atoms with Gasteiger partial charge < -0.3 is 15.8 Å². The number of rotatable bonds is 5. The maximum Gasteiger partial charge on any atom is 0.326 e. The van der Waals surface area contributed by atoms with E-state index in [1.807, 2.05) is 0 Å². The average molecular weight is 272 g/mol. The van der Waals surface area contributed by atoms with Crippen molar-refractivity contribution in [3.8, 4) is 0 Å². The quantitative estimate of drug-likeness (QED) is 0.552. The zero-order valence-corrected chi connectivity index (χ0v) is 12.4. The van der Waals surface area contributed by atoms with Crippen LogP contribution < -0.4 is 11.1 Å². The fourth-order valence-corrected chi connectivity index (χ4v) is 1.38. The van der Waals surface area contributed by atoms with E-state index in [0.29, 0.717) is 0 Å². The summed E-state index contributed by atoms with van der Waals surface area (Å²) in [6.45, 7) is 8.49. The first kappa shape index (κ1) is 17.6. The van der Waals surface area contributed by atoms with E-state index in [2.05, 4.69) is 5.32 Å². The van der Waals surface area contributed by atoms with E-state index in [9.17, 15) is 14.4 Å². The number of esters is 1. The highest BCUT2D eigenvalue weighted by atomic mass is 16.6. The summed E-state index contributed by atoms with van der Waals surface area (Å²) < 4.78 is 5.10. The Morgan fingerprint density at radius 2 is 1.63 bits per heavy atom. The van der Waals surface area contributed by atoms with Crippen LogP contribution in [0.1, 0.15) is 34.6 Å². The van der Waals surface area contributed by atoms with Gasteiger partial charge in [0.2, 0.25) is 5.91 Å². The minimum atomic E-state index is -1.51. The van der Waals surface area contributed by atoms with E-state index >= 15 is 0 Å². The molecule has 0 radical (unpaired) electrons. The Morgan fingerprint density at radius 3 is 1.95 bits per heavy atom. The summed E-state index contributed by atoms with van der Waals surface area (Å²) in [7, 11) is 1.36. The van der Waals surface area contributed by atoms with Crippen molar-refractivity contribution in [2.45, 2.75) is 46.3 Å².